The number of rotatable bonds is 5. The van der Waals surface area contributed by atoms with Crippen molar-refractivity contribution in [3.8, 4) is 5.75 Å². The van der Waals surface area contributed by atoms with E-state index in [1.54, 1.807) is 0 Å². The normalized spacial score (nSPS) is 17.6. The van der Waals surface area contributed by atoms with Gasteiger partial charge in [-0.05, 0) is 35.4 Å². The van der Waals surface area contributed by atoms with Gasteiger partial charge in [0.15, 0.2) is 0 Å². The molecular formula is C18H20O2S. The van der Waals surface area contributed by atoms with Crippen LogP contribution >= 0.6 is 12.6 Å². The highest BCUT2D eigenvalue weighted by molar-refractivity contribution is 7.80. The molecule has 1 aliphatic heterocycles. The molecule has 2 aromatic carbocycles. The molecule has 1 saturated heterocycles. The lowest BCUT2D eigenvalue weighted by atomic mass is 9.78. The second-order valence-electron chi connectivity index (χ2n) is 5.96. The maximum absolute atomic E-state index is 5.68. The molecular weight excluding hydrogens is 280 g/mol. The highest BCUT2D eigenvalue weighted by Crippen LogP contribution is 2.32. The molecule has 0 saturated carbocycles. The van der Waals surface area contributed by atoms with Crippen molar-refractivity contribution < 1.29 is 9.47 Å². The van der Waals surface area contributed by atoms with Crippen molar-refractivity contribution in [1.29, 1.82) is 0 Å². The van der Waals surface area contributed by atoms with Crippen LogP contribution in [0.15, 0.2) is 53.4 Å². The smallest absolute Gasteiger partial charge is 0.119 e. The zero-order chi connectivity index (χ0) is 14.9. The summed E-state index contributed by atoms with van der Waals surface area (Å²) in [4.78, 5) is 0.987. The van der Waals surface area contributed by atoms with Gasteiger partial charge in [0.2, 0.25) is 0 Å². The van der Waals surface area contributed by atoms with Crippen molar-refractivity contribution in [2.45, 2.75) is 30.3 Å². The molecule has 1 heterocycles. The van der Waals surface area contributed by atoms with Crippen molar-refractivity contribution in [2.75, 3.05) is 13.2 Å². The fourth-order valence-corrected chi connectivity index (χ4v) is 2.52. The molecule has 1 atom stereocenters. The molecule has 3 heteroatoms. The molecule has 2 aromatic rings. The Morgan fingerprint density at radius 2 is 1.57 bits per heavy atom. The minimum Gasteiger partial charge on any atom is -0.491 e. The van der Waals surface area contributed by atoms with Crippen LogP contribution in [-0.4, -0.2) is 19.3 Å². The number of epoxide rings is 1. The molecule has 0 spiro atoms. The van der Waals surface area contributed by atoms with Gasteiger partial charge in [0.25, 0.3) is 0 Å². The van der Waals surface area contributed by atoms with Gasteiger partial charge < -0.3 is 9.47 Å². The summed E-state index contributed by atoms with van der Waals surface area (Å²) in [6.45, 7) is 5.93. The third kappa shape index (κ3) is 3.42. The van der Waals surface area contributed by atoms with Gasteiger partial charge in [-0.1, -0.05) is 38.1 Å². The van der Waals surface area contributed by atoms with E-state index in [2.05, 4.69) is 50.7 Å². The van der Waals surface area contributed by atoms with Gasteiger partial charge in [0, 0.05) is 10.3 Å². The highest BCUT2D eigenvalue weighted by atomic mass is 32.1. The predicted octanol–water partition coefficient (Wildman–Crippen LogP) is 4.08. The lowest BCUT2D eigenvalue weighted by molar-refractivity contribution is 0.263. The Morgan fingerprint density at radius 1 is 1.05 bits per heavy atom. The zero-order valence-corrected chi connectivity index (χ0v) is 13.3. The maximum atomic E-state index is 5.68. The quantitative estimate of drug-likeness (QED) is 0.664. The van der Waals surface area contributed by atoms with Crippen LogP contribution in [0, 0.1) is 0 Å². The molecule has 1 unspecified atom stereocenters. The summed E-state index contributed by atoms with van der Waals surface area (Å²) in [6, 6.07) is 16.7. The van der Waals surface area contributed by atoms with E-state index in [0.29, 0.717) is 12.7 Å². The Labute approximate surface area is 131 Å². The van der Waals surface area contributed by atoms with Crippen LogP contribution in [-0.2, 0) is 10.2 Å². The van der Waals surface area contributed by atoms with Gasteiger partial charge >= 0.3 is 0 Å². The van der Waals surface area contributed by atoms with Crippen LogP contribution in [0.2, 0.25) is 0 Å². The number of ether oxygens (including phenoxy) is 2. The van der Waals surface area contributed by atoms with Crippen molar-refractivity contribution >= 4 is 12.6 Å². The molecule has 21 heavy (non-hydrogen) atoms. The summed E-state index contributed by atoms with van der Waals surface area (Å²) in [5.41, 5.74) is 2.50. The monoisotopic (exact) mass is 300 g/mol. The molecule has 1 aliphatic rings. The van der Waals surface area contributed by atoms with Crippen molar-refractivity contribution in [1.82, 2.24) is 0 Å². The third-order valence-electron chi connectivity index (χ3n) is 4.00. The fraction of sp³-hybridized carbons (Fsp3) is 0.333. The van der Waals surface area contributed by atoms with Crippen LogP contribution in [0.5, 0.6) is 5.75 Å². The summed E-state index contributed by atoms with van der Waals surface area (Å²) < 4.78 is 10.8. The molecule has 0 amide bonds. The van der Waals surface area contributed by atoms with E-state index in [1.165, 1.54) is 11.1 Å². The van der Waals surface area contributed by atoms with Gasteiger partial charge in [-0.3, -0.25) is 0 Å². The number of thiol groups is 1. The largest absolute Gasteiger partial charge is 0.491 e. The Hall–Kier alpha value is -1.45. The first-order valence-corrected chi connectivity index (χ1v) is 7.65. The molecule has 1 fully saturated rings. The average molecular weight is 300 g/mol. The maximum Gasteiger partial charge on any atom is 0.119 e. The lowest BCUT2D eigenvalue weighted by Crippen LogP contribution is -2.18. The zero-order valence-electron chi connectivity index (χ0n) is 12.4. The molecule has 2 nitrogen and oxygen atoms in total. The van der Waals surface area contributed by atoms with Gasteiger partial charge in [-0.2, -0.15) is 0 Å². The topological polar surface area (TPSA) is 21.8 Å². The van der Waals surface area contributed by atoms with Crippen LogP contribution in [0.3, 0.4) is 0 Å². The molecule has 0 radical (unpaired) electrons. The molecule has 0 aromatic heterocycles. The molecule has 0 N–H and O–H groups in total. The van der Waals surface area contributed by atoms with Gasteiger partial charge in [0.05, 0.1) is 6.61 Å². The summed E-state index contributed by atoms with van der Waals surface area (Å²) >= 11 is 4.35. The van der Waals surface area contributed by atoms with Crippen LogP contribution in [0.25, 0.3) is 0 Å². The van der Waals surface area contributed by atoms with Gasteiger partial charge in [-0.25, -0.2) is 0 Å². The van der Waals surface area contributed by atoms with Crippen LogP contribution in [0.1, 0.15) is 25.0 Å². The summed E-state index contributed by atoms with van der Waals surface area (Å²) in [6.07, 6.45) is 0.292. The summed E-state index contributed by atoms with van der Waals surface area (Å²) in [5, 5.41) is 0. The molecule has 3 rings (SSSR count). The van der Waals surface area contributed by atoms with E-state index < -0.39 is 0 Å². The van der Waals surface area contributed by atoms with Crippen LogP contribution < -0.4 is 4.74 Å². The minimum absolute atomic E-state index is 0.0421. The second-order valence-corrected chi connectivity index (χ2v) is 6.48. The number of hydrogen-bond acceptors (Lipinski definition) is 3. The predicted molar refractivity (Wildman–Crippen MR) is 87.5 cm³/mol. The van der Waals surface area contributed by atoms with Crippen molar-refractivity contribution in [2.24, 2.45) is 0 Å². The van der Waals surface area contributed by atoms with Gasteiger partial charge in [0.1, 0.15) is 18.5 Å². The standard InChI is InChI=1S/C18H20O2S/c1-18(2,14-5-9-17(21)10-6-14)13-3-7-15(8-4-13)19-11-16-12-20-16/h3-10,16,21H,11-12H2,1-2H3. The minimum atomic E-state index is -0.0421. The summed E-state index contributed by atoms with van der Waals surface area (Å²) in [5.74, 6) is 0.899. The average Bonchev–Trinajstić information content (AvgIpc) is 3.30. The SMILES string of the molecule is CC(C)(c1ccc(S)cc1)c1ccc(OCC2CO2)cc1. The Balaban J connectivity index is 1.76. The van der Waals surface area contributed by atoms with E-state index in [9.17, 15) is 0 Å². The van der Waals surface area contributed by atoms with Crippen molar-refractivity contribution in [3.63, 3.8) is 0 Å². The van der Waals surface area contributed by atoms with E-state index in [4.69, 9.17) is 9.47 Å². The van der Waals surface area contributed by atoms with E-state index in [0.717, 1.165) is 17.3 Å². The Bertz CT molecular complexity index is 598. The van der Waals surface area contributed by atoms with E-state index in [1.807, 2.05) is 24.3 Å². The number of hydrogen-bond donors (Lipinski definition) is 1. The van der Waals surface area contributed by atoms with E-state index >= 15 is 0 Å². The van der Waals surface area contributed by atoms with Crippen LogP contribution in [0.4, 0.5) is 0 Å². The second kappa shape index (κ2) is 5.74. The Kier molecular flexibility index (Phi) is 3.96. The first kappa shape index (κ1) is 14.5. The van der Waals surface area contributed by atoms with E-state index in [-0.39, 0.29) is 5.41 Å². The third-order valence-corrected chi connectivity index (χ3v) is 4.30. The number of benzene rings is 2. The van der Waals surface area contributed by atoms with Gasteiger partial charge in [-0.15, -0.1) is 12.6 Å². The Morgan fingerprint density at radius 3 is 2.10 bits per heavy atom. The first-order valence-electron chi connectivity index (χ1n) is 7.20. The molecule has 0 bridgehead atoms. The fourth-order valence-electron chi connectivity index (χ4n) is 2.37. The van der Waals surface area contributed by atoms with Crippen molar-refractivity contribution in [3.05, 3.63) is 59.7 Å². The lowest BCUT2D eigenvalue weighted by Gasteiger charge is -2.26. The molecule has 0 aliphatic carbocycles. The molecule has 110 valence electrons. The first-order chi connectivity index (χ1) is 10.1. The summed E-state index contributed by atoms with van der Waals surface area (Å²) in [7, 11) is 0. The highest BCUT2D eigenvalue weighted by Gasteiger charge is 2.24.